The molecule has 1 aromatic heterocycles. The molecule has 0 bridgehead atoms. The van der Waals surface area contributed by atoms with Gasteiger partial charge in [-0.15, -0.1) is 0 Å². The number of halogens is 4. The Kier molecular flexibility index (Phi) is 10.5. The van der Waals surface area contributed by atoms with Gasteiger partial charge >= 0.3 is 6.09 Å². The summed E-state index contributed by atoms with van der Waals surface area (Å²) in [5, 5.41) is 8.04. The van der Waals surface area contributed by atoms with Crippen LogP contribution in [0.2, 0.25) is 0 Å². The number of hydrogen-bond acceptors (Lipinski definition) is 7. The molecule has 2 amide bonds. The molecule has 2 aromatic carbocycles. The molecule has 4 rings (SSSR count). The largest absolute Gasteiger partial charge is 0.453 e. The zero-order valence-corrected chi connectivity index (χ0v) is 24.6. The van der Waals surface area contributed by atoms with Gasteiger partial charge in [-0.05, 0) is 48.2 Å². The number of nitrogens with one attached hydrogen (secondary N) is 3. The van der Waals surface area contributed by atoms with E-state index in [4.69, 9.17) is 0 Å². The van der Waals surface area contributed by atoms with E-state index in [-0.39, 0.29) is 41.8 Å². The van der Waals surface area contributed by atoms with Crippen LogP contribution in [-0.2, 0) is 26.0 Å². The van der Waals surface area contributed by atoms with Crippen molar-refractivity contribution < 1.29 is 40.3 Å². The van der Waals surface area contributed by atoms with E-state index in [0.29, 0.717) is 19.2 Å². The Bertz CT molecular complexity index is 1590. The Morgan fingerprint density at radius 2 is 1.73 bits per heavy atom. The van der Waals surface area contributed by atoms with Crippen molar-refractivity contribution in [3.8, 4) is 0 Å². The Balaban J connectivity index is 1.70. The predicted octanol–water partition coefficient (Wildman–Crippen LogP) is 3.30. The van der Waals surface area contributed by atoms with Crippen LogP contribution in [0.3, 0.4) is 0 Å². The minimum Gasteiger partial charge on any atom is -0.453 e. The second-order valence-electron chi connectivity index (χ2n) is 10.3. The third kappa shape index (κ3) is 8.09. The van der Waals surface area contributed by atoms with E-state index < -0.39 is 63.3 Å². The van der Waals surface area contributed by atoms with Crippen molar-refractivity contribution in [1.82, 2.24) is 19.9 Å². The fraction of sp³-hybridized carbons (Fsp3) is 0.345. The number of methoxy groups -OCH3 is 1. The lowest BCUT2D eigenvalue weighted by Crippen LogP contribution is -2.53. The number of sulfonamides is 1. The van der Waals surface area contributed by atoms with Gasteiger partial charge in [0.1, 0.15) is 29.3 Å². The number of ether oxygens (including phenoxy) is 1. The van der Waals surface area contributed by atoms with Crippen molar-refractivity contribution in [2.24, 2.45) is 0 Å². The Labute approximate surface area is 251 Å². The minimum absolute atomic E-state index is 0.00787. The lowest BCUT2D eigenvalue weighted by atomic mass is 9.84. The summed E-state index contributed by atoms with van der Waals surface area (Å²) >= 11 is 0. The van der Waals surface area contributed by atoms with E-state index in [9.17, 15) is 31.2 Å². The van der Waals surface area contributed by atoms with Gasteiger partial charge < -0.3 is 20.7 Å². The van der Waals surface area contributed by atoms with Gasteiger partial charge in [0.2, 0.25) is 15.9 Å². The van der Waals surface area contributed by atoms with Crippen molar-refractivity contribution in [3.63, 3.8) is 0 Å². The Morgan fingerprint density at radius 3 is 2.36 bits per heavy atom. The SMILES string of the molecule is COC(=O)N[C@H](C(=O)Nc1cncc(F)c1CC[C@H]1CNCCN1S(C)(=O)=O)[C@@H](c1ccc(F)cc1)c1cc(F)cc(F)c1. The van der Waals surface area contributed by atoms with E-state index in [1.54, 1.807) is 0 Å². The number of hydrogen-bond donors (Lipinski definition) is 3. The van der Waals surface area contributed by atoms with Gasteiger partial charge in [-0.1, -0.05) is 12.1 Å². The molecule has 1 aliphatic rings. The van der Waals surface area contributed by atoms with Crippen LogP contribution >= 0.6 is 0 Å². The number of alkyl carbamates (subject to hydrolysis) is 1. The molecule has 10 nitrogen and oxygen atoms in total. The maximum absolute atomic E-state index is 15.1. The van der Waals surface area contributed by atoms with Crippen molar-refractivity contribution in [3.05, 3.63) is 94.8 Å². The van der Waals surface area contributed by atoms with Gasteiger partial charge in [0, 0.05) is 43.2 Å². The van der Waals surface area contributed by atoms with Crippen LogP contribution < -0.4 is 16.0 Å². The van der Waals surface area contributed by atoms with Gasteiger partial charge in [0.25, 0.3) is 0 Å². The number of carbonyl (C=O) groups excluding carboxylic acids is 2. The highest BCUT2D eigenvalue weighted by Gasteiger charge is 2.35. The molecule has 0 aliphatic carbocycles. The quantitative estimate of drug-likeness (QED) is 0.291. The molecular formula is C29H31F4N5O5S. The minimum atomic E-state index is -3.53. The molecule has 236 valence electrons. The summed E-state index contributed by atoms with van der Waals surface area (Å²) in [5.41, 5.74) is 0.120. The first-order valence-corrected chi connectivity index (χ1v) is 15.4. The van der Waals surface area contributed by atoms with E-state index >= 15 is 4.39 Å². The molecule has 3 N–H and O–H groups in total. The van der Waals surface area contributed by atoms with Gasteiger partial charge in [-0.2, -0.15) is 4.31 Å². The van der Waals surface area contributed by atoms with Crippen LogP contribution in [0, 0.1) is 23.3 Å². The molecule has 3 aromatic rings. The van der Waals surface area contributed by atoms with Gasteiger partial charge in [0.15, 0.2) is 0 Å². The monoisotopic (exact) mass is 637 g/mol. The predicted molar refractivity (Wildman–Crippen MR) is 153 cm³/mol. The van der Waals surface area contributed by atoms with Gasteiger partial charge in [-0.3, -0.25) is 9.78 Å². The Morgan fingerprint density at radius 1 is 1.05 bits per heavy atom. The van der Waals surface area contributed by atoms with Crippen LogP contribution in [0.5, 0.6) is 0 Å². The summed E-state index contributed by atoms with van der Waals surface area (Å²) in [4.78, 5) is 30.1. The average molecular weight is 638 g/mol. The van der Waals surface area contributed by atoms with Crippen LogP contribution in [0.1, 0.15) is 29.0 Å². The maximum atomic E-state index is 15.1. The molecule has 2 heterocycles. The third-order valence-electron chi connectivity index (χ3n) is 7.26. The fourth-order valence-electron chi connectivity index (χ4n) is 5.26. The number of piperazine rings is 1. The molecule has 44 heavy (non-hydrogen) atoms. The Hall–Kier alpha value is -4.08. The van der Waals surface area contributed by atoms with E-state index in [1.807, 2.05) is 0 Å². The summed E-state index contributed by atoms with van der Waals surface area (Å²) in [7, 11) is -2.48. The molecular weight excluding hydrogens is 606 g/mol. The van der Waals surface area contributed by atoms with E-state index in [2.05, 4.69) is 25.7 Å². The van der Waals surface area contributed by atoms with Crippen molar-refractivity contribution in [2.75, 3.05) is 38.3 Å². The summed E-state index contributed by atoms with van der Waals surface area (Å²) in [6.07, 6.45) is 2.38. The highest BCUT2D eigenvalue weighted by molar-refractivity contribution is 7.88. The maximum Gasteiger partial charge on any atom is 0.407 e. The summed E-state index contributed by atoms with van der Waals surface area (Å²) in [6, 6.07) is 5.24. The van der Waals surface area contributed by atoms with Crippen LogP contribution in [0.25, 0.3) is 0 Å². The molecule has 0 spiro atoms. The van der Waals surface area contributed by atoms with Crippen LogP contribution in [-0.4, -0.2) is 74.8 Å². The first kappa shape index (κ1) is 32.8. The summed E-state index contributed by atoms with van der Waals surface area (Å²) < 4.78 is 88.1. The standard InChI is InChI=1S/C29H31F4N5O5S/c1-43-29(40)37-27(26(17-3-5-19(30)6-4-17)18-11-20(31)13-21(32)12-18)28(39)36-25-16-35-15-24(33)23(25)8-7-22-14-34-9-10-38(22)44(2,41)42/h3-6,11-13,15-16,22,26-27,34H,7-10,14H2,1-2H3,(H,36,39)(H,37,40)/t22-,26-,27-/m0/s1. The highest BCUT2D eigenvalue weighted by atomic mass is 32.2. The molecule has 0 saturated carbocycles. The lowest BCUT2D eigenvalue weighted by molar-refractivity contribution is -0.118. The van der Waals surface area contributed by atoms with Crippen LogP contribution in [0.15, 0.2) is 54.9 Å². The topological polar surface area (TPSA) is 130 Å². The second kappa shape index (κ2) is 14.1. The number of rotatable bonds is 10. The smallest absolute Gasteiger partial charge is 0.407 e. The van der Waals surface area contributed by atoms with Crippen molar-refractivity contribution in [1.29, 1.82) is 0 Å². The van der Waals surface area contributed by atoms with Gasteiger partial charge in [0.05, 0.1) is 31.4 Å². The molecule has 1 saturated heterocycles. The molecule has 3 atom stereocenters. The lowest BCUT2D eigenvalue weighted by Gasteiger charge is -2.34. The first-order valence-electron chi connectivity index (χ1n) is 13.5. The van der Waals surface area contributed by atoms with Crippen molar-refractivity contribution >= 4 is 27.7 Å². The van der Waals surface area contributed by atoms with Crippen molar-refractivity contribution in [2.45, 2.75) is 30.8 Å². The zero-order valence-electron chi connectivity index (χ0n) is 23.8. The fourth-order valence-corrected chi connectivity index (χ4v) is 6.40. The highest BCUT2D eigenvalue weighted by Crippen LogP contribution is 2.31. The van der Waals surface area contributed by atoms with Crippen LogP contribution in [0.4, 0.5) is 28.0 Å². The number of amides is 2. The molecule has 0 unspecified atom stereocenters. The first-order chi connectivity index (χ1) is 20.9. The number of anilines is 1. The molecule has 1 fully saturated rings. The normalized spacial score (nSPS) is 17.0. The second-order valence-corrected chi connectivity index (χ2v) is 12.2. The number of benzene rings is 2. The third-order valence-corrected chi connectivity index (χ3v) is 8.59. The number of carbonyl (C=O) groups is 2. The van der Waals surface area contributed by atoms with E-state index in [0.717, 1.165) is 43.8 Å². The van der Waals surface area contributed by atoms with Gasteiger partial charge in [-0.25, -0.2) is 30.8 Å². The molecule has 15 heteroatoms. The molecule has 0 radical (unpaired) electrons. The average Bonchev–Trinajstić information content (AvgIpc) is 2.96. The van der Waals surface area contributed by atoms with E-state index in [1.165, 1.54) is 22.6 Å². The number of nitrogens with zero attached hydrogens (tertiary/aromatic N) is 2. The summed E-state index contributed by atoms with van der Waals surface area (Å²) in [5.74, 6) is -5.49. The number of aromatic nitrogens is 1. The summed E-state index contributed by atoms with van der Waals surface area (Å²) in [6.45, 7) is 1.06. The molecule has 1 aliphatic heterocycles. The zero-order chi connectivity index (χ0) is 32.0. The number of pyridine rings is 1.